The standard InChI is InChI=1S/C14H12N4O2S/c15-7-11-12(18(19)20)4-5-14(17-11)16-8-10-6-9-2-1-3-13(9)21-10/h4-6H,1-3,8H2,(H,16,17). The summed E-state index contributed by atoms with van der Waals surface area (Å²) in [6, 6.07) is 6.80. The summed E-state index contributed by atoms with van der Waals surface area (Å²) in [6.45, 7) is 0.618. The van der Waals surface area contributed by atoms with Crippen LogP contribution < -0.4 is 5.32 Å². The average Bonchev–Trinajstić information content (AvgIpc) is 3.05. The van der Waals surface area contributed by atoms with Gasteiger partial charge in [0.1, 0.15) is 11.9 Å². The summed E-state index contributed by atoms with van der Waals surface area (Å²) in [7, 11) is 0. The second kappa shape index (κ2) is 5.50. The van der Waals surface area contributed by atoms with Gasteiger partial charge in [-0.15, -0.1) is 11.3 Å². The summed E-state index contributed by atoms with van der Waals surface area (Å²) in [5.74, 6) is 0.478. The van der Waals surface area contributed by atoms with E-state index in [4.69, 9.17) is 5.26 Å². The quantitative estimate of drug-likeness (QED) is 0.692. The first-order chi connectivity index (χ1) is 10.2. The molecule has 3 rings (SSSR count). The minimum absolute atomic E-state index is 0.168. The van der Waals surface area contributed by atoms with Crippen LogP contribution in [0.25, 0.3) is 0 Å². The van der Waals surface area contributed by atoms with Crippen LogP contribution in [0.3, 0.4) is 0 Å². The van der Waals surface area contributed by atoms with Gasteiger partial charge in [-0.2, -0.15) is 5.26 Å². The number of aromatic nitrogens is 1. The zero-order valence-electron chi connectivity index (χ0n) is 11.1. The van der Waals surface area contributed by atoms with Gasteiger partial charge in [-0.05, 0) is 37.0 Å². The Morgan fingerprint density at radius 1 is 1.48 bits per heavy atom. The molecule has 0 unspecified atom stereocenters. The third-order valence-corrected chi connectivity index (χ3v) is 4.65. The average molecular weight is 300 g/mol. The van der Waals surface area contributed by atoms with Crippen molar-refractivity contribution in [1.82, 2.24) is 4.98 Å². The molecule has 0 aliphatic heterocycles. The van der Waals surface area contributed by atoms with Crippen LogP contribution in [0.1, 0.15) is 27.4 Å². The zero-order valence-corrected chi connectivity index (χ0v) is 11.9. The molecule has 21 heavy (non-hydrogen) atoms. The van der Waals surface area contributed by atoms with Crippen molar-refractivity contribution in [2.24, 2.45) is 0 Å². The van der Waals surface area contributed by atoms with Gasteiger partial charge < -0.3 is 5.32 Å². The van der Waals surface area contributed by atoms with Crippen molar-refractivity contribution in [2.45, 2.75) is 25.8 Å². The molecule has 1 N–H and O–H groups in total. The molecular formula is C14H12N4O2S. The fourth-order valence-corrected chi connectivity index (χ4v) is 3.64. The minimum atomic E-state index is -0.598. The van der Waals surface area contributed by atoms with Gasteiger partial charge in [0.15, 0.2) is 0 Å². The maximum absolute atomic E-state index is 10.7. The van der Waals surface area contributed by atoms with Crippen LogP contribution in [0.5, 0.6) is 0 Å². The molecule has 0 saturated carbocycles. The lowest BCUT2D eigenvalue weighted by atomic mass is 10.2. The summed E-state index contributed by atoms with van der Waals surface area (Å²) in [4.78, 5) is 16.8. The van der Waals surface area contributed by atoms with Gasteiger partial charge in [0.2, 0.25) is 5.69 Å². The molecule has 1 aliphatic carbocycles. The first kappa shape index (κ1) is 13.5. The zero-order chi connectivity index (χ0) is 14.8. The highest BCUT2D eigenvalue weighted by Crippen LogP contribution is 2.31. The lowest BCUT2D eigenvalue weighted by Crippen LogP contribution is -2.03. The van der Waals surface area contributed by atoms with Crippen molar-refractivity contribution in [3.05, 3.63) is 49.3 Å². The van der Waals surface area contributed by atoms with Crippen LogP contribution in [0.4, 0.5) is 11.5 Å². The van der Waals surface area contributed by atoms with Crippen molar-refractivity contribution in [3.8, 4) is 6.07 Å². The Morgan fingerprint density at radius 2 is 2.33 bits per heavy atom. The Morgan fingerprint density at radius 3 is 3.05 bits per heavy atom. The summed E-state index contributed by atoms with van der Waals surface area (Å²) in [5.41, 5.74) is 1.00. The van der Waals surface area contributed by atoms with E-state index in [9.17, 15) is 10.1 Å². The summed E-state index contributed by atoms with van der Waals surface area (Å²) in [6.07, 6.45) is 3.55. The predicted molar refractivity (Wildman–Crippen MR) is 79.3 cm³/mol. The number of fused-ring (bicyclic) bond motifs is 1. The summed E-state index contributed by atoms with van der Waals surface area (Å²) in [5, 5.41) is 22.8. The SMILES string of the molecule is N#Cc1nc(NCc2cc3c(s2)CCC3)ccc1[N+](=O)[O-]. The van der Waals surface area contributed by atoms with E-state index in [1.165, 1.54) is 33.9 Å². The number of nitriles is 1. The maximum atomic E-state index is 10.7. The van der Waals surface area contributed by atoms with E-state index >= 15 is 0 Å². The first-order valence-corrected chi connectivity index (χ1v) is 7.39. The van der Waals surface area contributed by atoms with Crippen molar-refractivity contribution >= 4 is 22.8 Å². The molecular weight excluding hydrogens is 288 g/mol. The van der Waals surface area contributed by atoms with Crippen LogP contribution in [0.15, 0.2) is 18.2 Å². The second-order valence-electron chi connectivity index (χ2n) is 4.80. The van der Waals surface area contributed by atoms with E-state index in [2.05, 4.69) is 16.4 Å². The molecule has 0 fully saturated rings. The van der Waals surface area contributed by atoms with Crippen LogP contribution in [-0.4, -0.2) is 9.91 Å². The van der Waals surface area contributed by atoms with Crippen LogP contribution in [0.2, 0.25) is 0 Å². The number of thiophene rings is 1. The number of nitrogens with one attached hydrogen (secondary N) is 1. The molecule has 2 aromatic heterocycles. The predicted octanol–water partition coefficient (Wildman–Crippen LogP) is 3.02. The summed E-state index contributed by atoms with van der Waals surface area (Å²) >= 11 is 1.80. The van der Waals surface area contributed by atoms with Crippen molar-refractivity contribution in [1.29, 1.82) is 5.26 Å². The van der Waals surface area contributed by atoms with Crippen molar-refractivity contribution in [3.63, 3.8) is 0 Å². The Labute approximate surface area is 125 Å². The number of aryl methyl sites for hydroxylation is 2. The number of nitrogens with zero attached hydrogens (tertiary/aromatic N) is 3. The Hall–Kier alpha value is -2.46. The number of pyridine rings is 1. The van der Waals surface area contributed by atoms with E-state index in [0.29, 0.717) is 12.4 Å². The molecule has 0 bridgehead atoms. The highest BCUT2D eigenvalue weighted by molar-refractivity contribution is 7.12. The third kappa shape index (κ3) is 2.71. The lowest BCUT2D eigenvalue weighted by Gasteiger charge is -2.04. The molecule has 7 heteroatoms. The molecule has 0 spiro atoms. The number of nitro groups is 1. The highest BCUT2D eigenvalue weighted by Gasteiger charge is 2.17. The number of rotatable bonds is 4. The van der Waals surface area contributed by atoms with E-state index in [1.54, 1.807) is 17.4 Å². The van der Waals surface area contributed by atoms with Gasteiger partial charge >= 0.3 is 5.69 Å². The Kier molecular flexibility index (Phi) is 3.54. The summed E-state index contributed by atoms with van der Waals surface area (Å²) < 4.78 is 0. The van der Waals surface area contributed by atoms with Gasteiger partial charge in [0, 0.05) is 15.8 Å². The van der Waals surface area contributed by atoms with Gasteiger partial charge in [-0.1, -0.05) is 0 Å². The monoisotopic (exact) mass is 300 g/mol. The Balaban J connectivity index is 1.73. The maximum Gasteiger partial charge on any atom is 0.305 e. The Bertz CT molecular complexity index is 726. The molecule has 6 nitrogen and oxygen atoms in total. The molecule has 0 aromatic carbocycles. The molecule has 0 atom stereocenters. The van der Waals surface area contributed by atoms with Crippen LogP contribution >= 0.6 is 11.3 Å². The van der Waals surface area contributed by atoms with Gasteiger partial charge in [-0.25, -0.2) is 4.98 Å². The molecule has 1 aliphatic rings. The fraction of sp³-hybridized carbons (Fsp3) is 0.286. The van der Waals surface area contributed by atoms with Crippen molar-refractivity contribution < 1.29 is 4.92 Å². The van der Waals surface area contributed by atoms with Crippen molar-refractivity contribution in [2.75, 3.05) is 5.32 Å². The minimum Gasteiger partial charge on any atom is -0.365 e. The molecule has 106 valence electrons. The number of hydrogen-bond acceptors (Lipinski definition) is 6. The fourth-order valence-electron chi connectivity index (χ4n) is 2.44. The molecule has 2 heterocycles. The van der Waals surface area contributed by atoms with Crippen LogP contribution in [0, 0.1) is 21.4 Å². The van der Waals surface area contributed by atoms with Gasteiger partial charge in [0.25, 0.3) is 0 Å². The number of anilines is 1. The lowest BCUT2D eigenvalue weighted by molar-refractivity contribution is -0.385. The van der Waals surface area contributed by atoms with E-state index < -0.39 is 4.92 Å². The van der Waals surface area contributed by atoms with Gasteiger partial charge in [0.05, 0.1) is 11.5 Å². The van der Waals surface area contributed by atoms with E-state index in [-0.39, 0.29) is 11.4 Å². The molecule has 0 saturated heterocycles. The largest absolute Gasteiger partial charge is 0.365 e. The van der Waals surface area contributed by atoms with E-state index in [1.807, 2.05) is 0 Å². The number of hydrogen-bond donors (Lipinski definition) is 1. The third-order valence-electron chi connectivity index (χ3n) is 3.42. The second-order valence-corrected chi connectivity index (χ2v) is 6.02. The van der Waals surface area contributed by atoms with Crippen LogP contribution in [-0.2, 0) is 19.4 Å². The van der Waals surface area contributed by atoms with E-state index in [0.717, 1.165) is 12.8 Å². The topological polar surface area (TPSA) is 91.8 Å². The molecule has 0 radical (unpaired) electrons. The van der Waals surface area contributed by atoms with Gasteiger partial charge in [-0.3, -0.25) is 10.1 Å². The molecule has 0 amide bonds. The first-order valence-electron chi connectivity index (χ1n) is 6.57. The smallest absolute Gasteiger partial charge is 0.305 e. The normalized spacial score (nSPS) is 12.7. The molecule has 2 aromatic rings. The highest BCUT2D eigenvalue weighted by atomic mass is 32.1.